The standard InChI is InChI=1S/C13H18N4/c1-16(8-9-17-7-3-6-15-17)11-12-4-2-5-13(14)10-12/h2-7,10H,8-9,11,14H2,1H3. The first-order valence-corrected chi connectivity index (χ1v) is 5.74. The molecule has 0 aliphatic rings. The molecule has 0 fully saturated rings. The highest BCUT2D eigenvalue weighted by molar-refractivity contribution is 5.40. The molecule has 0 aliphatic carbocycles. The van der Waals surface area contributed by atoms with E-state index in [4.69, 9.17) is 5.73 Å². The third kappa shape index (κ3) is 3.60. The summed E-state index contributed by atoms with van der Waals surface area (Å²) in [6.07, 6.45) is 3.78. The number of nitrogens with two attached hydrogens (primary N) is 1. The molecule has 0 bridgehead atoms. The maximum atomic E-state index is 5.75. The molecule has 1 aromatic carbocycles. The van der Waals surface area contributed by atoms with E-state index in [0.717, 1.165) is 25.3 Å². The van der Waals surface area contributed by atoms with Crippen molar-refractivity contribution in [3.63, 3.8) is 0 Å². The van der Waals surface area contributed by atoms with Gasteiger partial charge in [-0.3, -0.25) is 4.68 Å². The van der Waals surface area contributed by atoms with Crippen LogP contribution in [0.15, 0.2) is 42.7 Å². The SMILES string of the molecule is CN(CCn1cccn1)Cc1cccc(N)c1. The Labute approximate surface area is 102 Å². The molecule has 2 rings (SSSR count). The molecule has 0 radical (unpaired) electrons. The first-order chi connectivity index (χ1) is 8.24. The van der Waals surface area contributed by atoms with Gasteiger partial charge in [0.05, 0.1) is 6.54 Å². The smallest absolute Gasteiger partial charge is 0.0536 e. The number of rotatable bonds is 5. The molecule has 0 amide bonds. The minimum Gasteiger partial charge on any atom is -0.399 e. The van der Waals surface area contributed by atoms with E-state index >= 15 is 0 Å². The van der Waals surface area contributed by atoms with Crippen LogP contribution in [0.5, 0.6) is 0 Å². The molecule has 2 aromatic rings. The van der Waals surface area contributed by atoms with Crippen molar-refractivity contribution >= 4 is 5.69 Å². The summed E-state index contributed by atoms with van der Waals surface area (Å²) < 4.78 is 1.94. The molecule has 90 valence electrons. The molecule has 0 atom stereocenters. The van der Waals surface area contributed by atoms with E-state index < -0.39 is 0 Å². The minimum absolute atomic E-state index is 0.822. The van der Waals surface area contributed by atoms with E-state index in [0.29, 0.717) is 0 Å². The Balaban J connectivity index is 1.83. The van der Waals surface area contributed by atoms with Crippen LogP contribution in [0.4, 0.5) is 5.69 Å². The Morgan fingerprint density at radius 3 is 2.94 bits per heavy atom. The van der Waals surface area contributed by atoms with Gasteiger partial charge in [-0.25, -0.2) is 0 Å². The lowest BCUT2D eigenvalue weighted by Crippen LogP contribution is -2.23. The molecule has 4 heteroatoms. The fourth-order valence-corrected chi connectivity index (χ4v) is 1.79. The second-order valence-electron chi connectivity index (χ2n) is 4.25. The van der Waals surface area contributed by atoms with Gasteiger partial charge in [-0.2, -0.15) is 5.10 Å². The highest BCUT2D eigenvalue weighted by Crippen LogP contribution is 2.08. The van der Waals surface area contributed by atoms with Crippen molar-refractivity contribution in [3.8, 4) is 0 Å². The van der Waals surface area contributed by atoms with E-state index in [-0.39, 0.29) is 0 Å². The number of nitrogen functional groups attached to an aromatic ring is 1. The zero-order valence-corrected chi connectivity index (χ0v) is 10.1. The largest absolute Gasteiger partial charge is 0.399 e. The van der Waals surface area contributed by atoms with Gasteiger partial charge in [-0.15, -0.1) is 0 Å². The summed E-state index contributed by atoms with van der Waals surface area (Å²) in [5, 5.41) is 4.18. The quantitative estimate of drug-likeness (QED) is 0.794. The third-order valence-corrected chi connectivity index (χ3v) is 2.67. The highest BCUT2D eigenvalue weighted by atomic mass is 15.3. The van der Waals surface area contributed by atoms with Crippen molar-refractivity contribution in [2.75, 3.05) is 19.3 Å². The summed E-state index contributed by atoms with van der Waals surface area (Å²) in [4.78, 5) is 2.26. The fraction of sp³-hybridized carbons (Fsp3) is 0.308. The van der Waals surface area contributed by atoms with Crippen LogP contribution in [0.2, 0.25) is 0 Å². The van der Waals surface area contributed by atoms with E-state index in [9.17, 15) is 0 Å². The third-order valence-electron chi connectivity index (χ3n) is 2.67. The minimum atomic E-state index is 0.822. The molecule has 1 aromatic heterocycles. The van der Waals surface area contributed by atoms with Crippen LogP contribution in [0.1, 0.15) is 5.56 Å². The molecule has 1 heterocycles. The van der Waals surface area contributed by atoms with Crippen LogP contribution in [0, 0.1) is 0 Å². The molecule has 0 spiro atoms. The van der Waals surface area contributed by atoms with Gasteiger partial charge < -0.3 is 10.6 Å². The monoisotopic (exact) mass is 230 g/mol. The Morgan fingerprint density at radius 2 is 2.24 bits per heavy atom. The zero-order valence-electron chi connectivity index (χ0n) is 10.1. The van der Waals surface area contributed by atoms with E-state index in [1.807, 2.05) is 35.1 Å². The van der Waals surface area contributed by atoms with Gasteiger partial charge >= 0.3 is 0 Å². The maximum Gasteiger partial charge on any atom is 0.0536 e. The first-order valence-electron chi connectivity index (χ1n) is 5.74. The lowest BCUT2D eigenvalue weighted by atomic mass is 10.2. The molecule has 0 unspecified atom stereocenters. The number of likely N-dealkylation sites (N-methyl/N-ethyl adjacent to an activating group) is 1. The zero-order chi connectivity index (χ0) is 12.1. The Kier molecular flexibility index (Phi) is 3.77. The Bertz CT molecular complexity index is 450. The van der Waals surface area contributed by atoms with Crippen LogP contribution >= 0.6 is 0 Å². The molecule has 0 saturated heterocycles. The van der Waals surface area contributed by atoms with Crippen molar-refractivity contribution in [1.29, 1.82) is 0 Å². The van der Waals surface area contributed by atoms with Gasteiger partial charge in [0.2, 0.25) is 0 Å². The van der Waals surface area contributed by atoms with Gasteiger partial charge in [0.15, 0.2) is 0 Å². The topological polar surface area (TPSA) is 47.1 Å². The predicted octanol–water partition coefficient (Wildman–Crippen LogP) is 1.60. The van der Waals surface area contributed by atoms with Gasteiger partial charge in [0, 0.05) is 31.2 Å². The summed E-state index contributed by atoms with van der Waals surface area (Å²) in [6, 6.07) is 9.96. The molecular weight excluding hydrogens is 212 g/mol. The van der Waals surface area contributed by atoms with Gasteiger partial charge in [-0.05, 0) is 30.8 Å². The van der Waals surface area contributed by atoms with Crippen molar-refractivity contribution in [2.45, 2.75) is 13.1 Å². The Morgan fingerprint density at radius 1 is 1.35 bits per heavy atom. The van der Waals surface area contributed by atoms with Crippen LogP contribution in [-0.4, -0.2) is 28.3 Å². The van der Waals surface area contributed by atoms with Gasteiger partial charge in [0.1, 0.15) is 0 Å². The highest BCUT2D eigenvalue weighted by Gasteiger charge is 2.01. The molecule has 4 nitrogen and oxygen atoms in total. The van der Waals surface area contributed by atoms with Crippen LogP contribution in [0.25, 0.3) is 0 Å². The number of hydrogen-bond acceptors (Lipinski definition) is 3. The average Bonchev–Trinajstić information content (AvgIpc) is 2.79. The Hall–Kier alpha value is -1.81. The summed E-state index contributed by atoms with van der Waals surface area (Å²) in [5.41, 5.74) is 7.82. The van der Waals surface area contributed by atoms with E-state index in [1.165, 1.54) is 5.56 Å². The van der Waals surface area contributed by atoms with Gasteiger partial charge in [0.25, 0.3) is 0 Å². The lowest BCUT2D eigenvalue weighted by Gasteiger charge is -2.16. The lowest BCUT2D eigenvalue weighted by molar-refractivity contribution is 0.305. The fourth-order valence-electron chi connectivity index (χ4n) is 1.79. The van der Waals surface area contributed by atoms with Crippen LogP contribution < -0.4 is 5.73 Å². The number of aromatic nitrogens is 2. The number of hydrogen-bond donors (Lipinski definition) is 1. The maximum absolute atomic E-state index is 5.75. The number of benzene rings is 1. The van der Waals surface area contributed by atoms with Crippen molar-refractivity contribution in [3.05, 3.63) is 48.3 Å². The summed E-state index contributed by atoms with van der Waals surface area (Å²) in [5.74, 6) is 0. The summed E-state index contributed by atoms with van der Waals surface area (Å²) >= 11 is 0. The van der Waals surface area contributed by atoms with Crippen molar-refractivity contribution < 1.29 is 0 Å². The summed E-state index contributed by atoms with van der Waals surface area (Å²) in [6.45, 7) is 2.79. The van der Waals surface area contributed by atoms with Crippen LogP contribution in [-0.2, 0) is 13.1 Å². The van der Waals surface area contributed by atoms with Crippen LogP contribution in [0.3, 0.4) is 0 Å². The number of nitrogens with zero attached hydrogens (tertiary/aromatic N) is 3. The van der Waals surface area contributed by atoms with Gasteiger partial charge in [-0.1, -0.05) is 12.1 Å². The number of anilines is 1. The second kappa shape index (κ2) is 5.50. The second-order valence-corrected chi connectivity index (χ2v) is 4.25. The normalized spacial score (nSPS) is 10.9. The van der Waals surface area contributed by atoms with E-state index in [2.05, 4.69) is 23.1 Å². The molecule has 0 aliphatic heterocycles. The molecule has 17 heavy (non-hydrogen) atoms. The predicted molar refractivity (Wildman–Crippen MR) is 69.4 cm³/mol. The summed E-state index contributed by atoms with van der Waals surface area (Å²) in [7, 11) is 2.10. The molecule has 0 saturated carbocycles. The molecule has 2 N–H and O–H groups in total. The average molecular weight is 230 g/mol. The first kappa shape index (κ1) is 11.7. The molecular formula is C13H18N4. The van der Waals surface area contributed by atoms with E-state index in [1.54, 1.807) is 6.20 Å². The van der Waals surface area contributed by atoms with Crippen molar-refractivity contribution in [2.24, 2.45) is 0 Å². The van der Waals surface area contributed by atoms with Crippen molar-refractivity contribution in [1.82, 2.24) is 14.7 Å².